The summed E-state index contributed by atoms with van der Waals surface area (Å²) < 4.78 is 88.1. The zero-order valence-corrected chi connectivity index (χ0v) is 95.3. The number of rotatable bonds is 4. The molecule has 15 aromatic rings. The molecule has 10 heteroatoms. The van der Waals surface area contributed by atoms with Crippen LogP contribution in [0.2, 0.25) is 0 Å². The Hall–Kier alpha value is -11.5. The molecule has 4 nitrogen and oxygen atoms in total. The molecule has 0 atom stereocenters. The summed E-state index contributed by atoms with van der Waals surface area (Å²) in [4.78, 5) is 0. The molecule has 0 saturated carbocycles. The van der Waals surface area contributed by atoms with Gasteiger partial charge in [-0.05, 0) is 71.1 Å². The van der Waals surface area contributed by atoms with Gasteiger partial charge in [0.25, 0.3) is 0 Å². The van der Waals surface area contributed by atoms with Crippen LogP contribution in [0, 0.1) is 24.7 Å². The largest absolute Gasteiger partial charge is 0.402 e. The number of hydrogen-bond donors (Lipinski definition) is 0. The number of fused-ring (bicyclic) bond motifs is 3. The predicted molar refractivity (Wildman–Crippen MR) is 630 cm³/mol. The van der Waals surface area contributed by atoms with Crippen molar-refractivity contribution in [3.63, 3.8) is 0 Å². The third-order valence-electron chi connectivity index (χ3n) is 14.3. The van der Waals surface area contributed by atoms with Crippen LogP contribution < -0.4 is 0 Å². The van der Waals surface area contributed by atoms with Crippen LogP contribution in [-0.4, -0.2) is 68.2 Å². The Labute approximate surface area is 864 Å². The molecule has 0 N–H and O–H groups in total. The lowest BCUT2D eigenvalue weighted by molar-refractivity contribution is -0.327. The summed E-state index contributed by atoms with van der Waals surface area (Å²) in [5.74, 6) is 0. The Bertz CT molecular complexity index is 3380. The predicted octanol–water partition coefficient (Wildman–Crippen LogP) is 43.8. The van der Waals surface area contributed by atoms with E-state index in [4.69, 9.17) is 9.47 Å². The van der Waals surface area contributed by atoms with Crippen molar-refractivity contribution in [2.45, 2.75) is 253 Å². The van der Waals surface area contributed by atoms with Crippen molar-refractivity contribution in [1.29, 1.82) is 0 Å². The maximum Gasteiger partial charge on any atom is 0.402 e. The normalized spacial score (nSPS) is 8.40. The number of aryl methyl sites for hydroxylation is 2. The minimum atomic E-state index is -5.24. The first-order valence-corrected chi connectivity index (χ1v) is 50.7. The highest BCUT2D eigenvalue weighted by atomic mass is 19.4. The Balaban J connectivity index is -0.000000101. The number of alkyl halides is 6. The van der Waals surface area contributed by atoms with E-state index < -0.39 is 17.8 Å². The van der Waals surface area contributed by atoms with Crippen LogP contribution in [-0.2, 0) is 18.9 Å². The van der Waals surface area contributed by atoms with Gasteiger partial charge in [0.05, 0.1) is 13.2 Å². The van der Waals surface area contributed by atoms with Gasteiger partial charge in [-0.2, -0.15) is 26.3 Å². The van der Waals surface area contributed by atoms with Crippen LogP contribution >= 0.6 is 0 Å². The average Bonchev–Trinajstić information content (AvgIpc) is 0.322. The van der Waals surface area contributed by atoms with Crippen LogP contribution in [0.4, 0.5) is 26.3 Å². The third-order valence-corrected chi connectivity index (χ3v) is 14.3. The molecule has 0 amide bonds. The molecule has 15 rings (SSSR count). The molecule has 0 aliphatic heterocycles. The molecule has 0 aliphatic carbocycles. The number of methoxy groups -OCH3 is 4. The molecule has 0 aliphatic rings. The molecular weight excluding hydrogens is 1750 g/mol. The van der Waals surface area contributed by atoms with Gasteiger partial charge in [-0.25, -0.2) is 0 Å². The molecule has 0 unspecified atom stereocenters. The smallest absolute Gasteiger partial charge is 0.388 e. The minimum Gasteiger partial charge on any atom is -0.388 e. The van der Waals surface area contributed by atoms with Gasteiger partial charge in [-0.3, -0.25) is 0 Å². The topological polar surface area (TPSA) is 36.9 Å². The van der Waals surface area contributed by atoms with Gasteiger partial charge in [0.15, 0.2) is 5.41 Å². The third kappa shape index (κ3) is 121. The summed E-state index contributed by atoms with van der Waals surface area (Å²) >= 11 is 0. The summed E-state index contributed by atoms with van der Waals surface area (Å²) in [6.45, 7) is 63.1. The number of hydrogen-bond acceptors (Lipinski definition) is 4. The van der Waals surface area contributed by atoms with E-state index in [9.17, 15) is 26.3 Å². The van der Waals surface area contributed by atoms with Gasteiger partial charge < -0.3 is 18.9 Å². The highest BCUT2D eigenvalue weighted by Crippen LogP contribution is 2.49. The van der Waals surface area contributed by atoms with E-state index in [0.717, 1.165) is 13.2 Å². The summed E-state index contributed by atoms with van der Waals surface area (Å²) in [7, 11) is 9.91. The lowest BCUT2D eigenvalue weighted by atomic mass is 9.92. The van der Waals surface area contributed by atoms with E-state index in [2.05, 4.69) is 176 Å². The van der Waals surface area contributed by atoms with Crippen molar-refractivity contribution in [2.75, 3.05) is 55.9 Å². The van der Waals surface area contributed by atoms with E-state index in [1.54, 1.807) is 42.7 Å². The van der Waals surface area contributed by atoms with E-state index in [0.29, 0.717) is 0 Å². The highest BCUT2D eigenvalue weighted by Gasteiger charge is 2.64. The maximum absolute atomic E-state index is 11.6. The van der Waals surface area contributed by atoms with Crippen LogP contribution in [0.1, 0.15) is 238 Å². The molecule has 0 bridgehead atoms. The standard InChI is InChI=1S/C16H14.C10H8.C7H16O2.10C6H6.C5H6F6.3C3H8.2C2H6O.10C2H6/c1-11-13-7-3-5-9-15(13)12(2)16-10-6-4-8-14(11)16;1-2-6-10-8-4-3-7-9(10)5-1;1-7(2,5-8-3)6-9-4;10*1-2-4-6-5-3-1;1-3(2,4(6,7)8)5(9,10)11;5*1-3-2;10*1-2/h3-10H,1-2H3;1-8H;5-6H2,1-4H3;10*1-6H;1-2H3;3*3H2,1-2H3;2*1-2H3;10*1-2H3. The summed E-state index contributed by atoms with van der Waals surface area (Å²) in [6.07, 6.45) is -6.74. The van der Waals surface area contributed by atoms with Crippen molar-refractivity contribution in [1.82, 2.24) is 0 Å². The average molecular weight is 1950 g/mol. The Morgan fingerprint density at radius 1 is 0.177 bits per heavy atom. The molecule has 0 radical (unpaired) electrons. The van der Waals surface area contributed by atoms with Gasteiger partial charge in [0.1, 0.15) is 0 Å². The Morgan fingerprint density at radius 2 is 0.262 bits per heavy atom. The molecule has 0 saturated heterocycles. The second-order valence-electron chi connectivity index (χ2n) is 26.8. The van der Waals surface area contributed by atoms with E-state index in [1.807, 2.05) is 502 Å². The fraction of sp³-hybridized carbons (Fsp3) is 0.359. The van der Waals surface area contributed by atoms with Gasteiger partial charge in [0.2, 0.25) is 0 Å². The van der Waals surface area contributed by atoms with Gasteiger partial charge in [0, 0.05) is 48.1 Å². The van der Waals surface area contributed by atoms with Crippen molar-refractivity contribution < 1.29 is 45.3 Å². The second-order valence-corrected chi connectivity index (χ2v) is 26.8. The number of benzene rings is 15. The second kappa shape index (κ2) is 142. The first-order valence-electron chi connectivity index (χ1n) is 50.7. The molecular formula is C131H200F6O4. The lowest BCUT2D eigenvalue weighted by Gasteiger charge is -2.29. The van der Waals surface area contributed by atoms with E-state index in [1.165, 1.54) is 62.7 Å². The maximum atomic E-state index is 11.6. The number of ether oxygens (including phenoxy) is 4. The van der Waals surface area contributed by atoms with Crippen molar-refractivity contribution in [3.05, 3.63) is 472 Å². The lowest BCUT2D eigenvalue weighted by Crippen LogP contribution is -2.44. The molecule has 790 valence electrons. The van der Waals surface area contributed by atoms with Crippen molar-refractivity contribution in [2.24, 2.45) is 10.8 Å². The summed E-state index contributed by atoms with van der Waals surface area (Å²) in [5, 5.41) is 8.12. The molecule has 0 heterocycles. The Kier molecular flexibility index (Phi) is 161. The molecule has 0 spiro atoms. The highest BCUT2D eigenvalue weighted by molar-refractivity contribution is 6.05. The molecule has 15 aromatic carbocycles. The van der Waals surface area contributed by atoms with Crippen molar-refractivity contribution >= 4 is 32.3 Å². The van der Waals surface area contributed by atoms with Gasteiger partial charge in [-0.15, -0.1) is 0 Å². The summed E-state index contributed by atoms with van der Waals surface area (Å²) in [6, 6.07) is 154. The fourth-order valence-electron chi connectivity index (χ4n) is 8.53. The van der Waals surface area contributed by atoms with Gasteiger partial charge >= 0.3 is 12.4 Å². The molecule has 141 heavy (non-hydrogen) atoms. The first-order chi connectivity index (χ1) is 68.4. The monoisotopic (exact) mass is 1950 g/mol. The van der Waals surface area contributed by atoms with Crippen molar-refractivity contribution in [3.8, 4) is 0 Å². The van der Waals surface area contributed by atoms with Crippen LogP contribution in [0.25, 0.3) is 32.3 Å². The van der Waals surface area contributed by atoms with Crippen LogP contribution in [0.15, 0.2) is 461 Å². The van der Waals surface area contributed by atoms with Crippen LogP contribution in [0.5, 0.6) is 0 Å². The fourth-order valence-corrected chi connectivity index (χ4v) is 8.53. The SMILES string of the molecule is CC.CC.CC.CC.CC.CC.CC.CC.CC.CC.CC(C)(C(F)(F)F)C(F)(F)F.CCC.CCC.CCC.COC.COC.COCC(C)(C)COC.Cc1c2ccccc2c(C)c2ccccc12.c1ccc2ccccc2c1.c1ccccc1.c1ccccc1.c1ccccc1.c1ccccc1.c1ccccc1.c1ccccc1.c1ccccc1.c1ccccc1.c1ccccc1.c1ccccc1. The zero-order valence-electron chi connectivity index (χ0n) is 95.3. The zero-order chi connectivity index (χ0) is 111. The Morgan fingerprint density at radius 3 is 0.333 bits per heavy atom. The first kappa shape index (κ1) is 160. The van der Waals surface area contributed by atoms with E-state index >= 15 is 0 Å². The van der Waals surface area contributed by atoms with Crippen LogP contribution in [0.3, 0.4) is 0 Å². The summed E-state index contributed by atoms with van der Waals surface area (Å²) in [5.41, 5.74) is -0.697. The quantitative estimate of drug-likeness (QED) is 0.130. The minimum absolute atomic E-state index is 0.104. The number of halogens is 6. The molecule has 0 fully saturated rings. The molecule has 0 aromatic heterocycles. The van der Waals surface area contributed by atoms with E-state index in [-0.39, 0.29) is 19.3 Å². The van der Waals surface area contributed by atoms with Gasteiger partial charge in [-0.1, -0.05) is 674 Å².